The highest BCUT2D eigenvalue weighted by molar-refractivity contribution is 5.97. The molecule has 2 aliphatic rings. The van der Waals surface area contributed by atoms with E-state index in [0.717, 1.165) is 25.2 Å². The summed E-state index contributed by atoms with van der Waals surface area (Å²) in [6, 6.07) is 9.81. The fourth-order valence-corrected chi connectivity index (χ4v) is 4.62. The van der Waals surface area contributed by atoms with Gasteiger partial charge in [-0.25, -0.2) is 9.37 Å². The average molecular weight is 417 g/mol. The number of rotatable bonds is 3. The molecule has 1 aromatic carbocycles. The molecule has 8 nitrogen and oxygen atoms in total. The van der Waals surface area contributed by atoms with E-state index in [9.17, 15) is 14.4 Å². The minimum absolute atomic E-state index is 0.110. The largest absolute Gasteiger partial charge is 0.352 e. The molecule has 0 N–H and O–H groups in total. The van der Waals surface area contributed by atoms with Crippen molar-refractivity contribution in [3.63, 3.8) is 0 Å². The third kappa shape index (κ3) is 3.50. The van der Waals surface area contributed by atoms with Gasteiger partial charge in [0, 0.05) is 25.8 Å². The quantitative estimate of drug-likeness (QED) is 0.650. The number of carbonyl (C=O) groups excluding carboxylic acids is 1. The van der Waals surface area contributed by atoms with E-state index in [4.69, 9.17) is 0 Å². The van der Waals surface area contributed by atoms with Crippen molar-refractivity contribution < 1.29 is 9.18 Å². The second-order valence-corrected chi connectivity index (χ2v) is 7.84. The van der Waals surface area contributed by atoms with Crippen LogP contribution in [0.2, 0.25) is 0 Å². The van der Waals surface area contributed by atoms with E-state index in [1.807, 2.05) is 0 Å². The Hall–Kier alpha value is -3.80. The Morgan fingerprint density at radius 1 is 1.10 bits per heavy atom. The van der Waals surface area contributed by atoms with Gasteiger partial charge in [0.1, 0.15) is 11.6 Å². The summed E-state index contributed by atoms with van der Waals surface area (Å²) in [5, 5.41) is 17.4. The normalized spacial score (nSPS) is 20.4. The van der Waals surface area contributed by atoms with Crippen LogP contribution in [-0.2, 0) is 0 Å². The van der Waals surface area contributed by atoms with Crippen LogP contribution in [0.25, 0.3) is 5.69 Å². The summed E-state index contributed by atoms with van der Waals surface area (Å²) in [5.41, 5.74) is 1.25. The third-order valence-electron chi connectivity index (χ3n) is 6.14. The number of nitriles is 1. The van der Waals surface area contributed by atoms with Gasteiger partial charge in [0.2, 0.25) is 0 Å². The number of likely N-dealkylation sites (tertiary alicyclic amines) is 1. The molecule has 0 unspecified atom stereocenters. The zero-order valence-corrected chi connectivity index (χ0v) is 16.7. The fourth-order valence-electron chi connectivity index (χ4n) is 4.62. The molecule has 0 aliphatic carbocycles. The van der Waals surface area contributed by atoms with E-state index in [1.54, 1.807) is 23.2 Å². The predicted molar refractivity (Wildman–Crippen MR) is 110 cm³/mol. The predicted octanol–water partition coefficient (Wildman–Crippen LogP) is 2.41. The van der Waals surface area contributed by atoms with Crippen molar-refractivity contribution in [1.29, 1.82) is 5.26 Å². The number of nitrogens with zero attached hydrogens (tertiary/aromatic N) is 7. The SMILES string of the molecule is N#Cc1ccnc(N2CC[C@@H]3CCN(C(=O)c4cc(F)ccc4-n4nccn4)C[C@@H]32)c1. The van der Waals surface area contributed by atoms with Gasteiger partial charge in [-0.2, -0.15) is 20.3 Å². The molecule has 0 bridgehead atoms. The molecule has 3 aromatic rings. The number of hydrogen-bond acceptors (Lipinski definition) is 6. The Bertz CT molecular complexity index is 1160. The van der Waals surface area contributed by atoms with Crippen LogP contribution in [0.15, 0.2) is 48.9 Å². The molecule has 9 heteroatoms. The highest BCUT2D eigenvalue weighted by atomic mass is 19.1. The van der Waals surface area contributed by atoms with Crippen molar-refractivity contribution in [3.05, 3.63) is 65.9 Å². The van der Waals surface area contributed by atoms with Crippen molar-refractivity contribution in [2.24, 2.45) is 5.92 Å². The maximum absolute atomic E-state index is 14.0. The van der Waals surface area contributed by atoms with Crippen molar-refractivity contribution in [2.45, 2.75) is 18.9 Å². The number of carbonyl (C=O) groups is 1. The maximum atomic E-state index is 14.0. The zero-order valence-electron chi connectivity index (χ0n) is 16.7. The van der Waals surface area contributed by atoms with Gasteiger partial charge in [-0.05, 0) is 49.1 Å². The monoisotopic (exact) mass is 417 g/mol. The van der Waals surface area contributed by atoms with Gasteiger partial charge >= 0.3 is 0 Å². The molecular weight excluding hydrogens is 397 g/mol. The molecule has 31 heavy (non-hydrogen) atoms. The van der Waals surface area contributed by atoms with Gasteiger partial charge in [-0.1, -0.05) is 0 Å². The van der Waals surface area contributed by atoms with Crippen molar-refractivity contribution in [3.8, 4) is 11.8 Å². The number of piperidine rings is 1. The molecular formula is C22H20FN7O. The van der Waals surface area contributed by atoms with E-state index >= 15 is 0 Å². The Morgan fingerprint density at radius 3 is 2.71 bits per heavy atom. The zero-order chi connectivity index (χ0) is 21.4. The molecule has 2 fully saturated rings. The van der Waals surface area contributed by atoms with Crippen molar-refractivity contribution in [1.82, 2.24) is 24.9 Å². The Morgan fingerprint density at radius 2 is 1.90 bits per heavy atom. The Kier molecular flexibility index (Phi) is 4.82. The molecule has 2 saturated heterocycles. The number of amides is 1. The third-order valence-corrected chi connectivity index (χ3v) is 6.14. The lowest BCUT2D eigenvalue weighted by Crippen LogP contribution is -2.50. The minimum atomic E-state index is -0.478. The van der Waals surface area contributed by atoms with Crippen LogP contribution in [0.4, 0.5) is 10.2 Å². The second kappa shape index (κ2) is 7.80. The summed E-state index contributed by atoms with van der Waals surface area (Å²) in [6.07, 6.45) is 6.57. The molecule has 5 rings (SSSR count). The van der Waals surface area contributed by atoms with E-state index in [-0.39, 0.29) is 17.5 Å². The van der Waals surface area contributed by atoms with Crippen LogP contribution in [0, 0.1) is 23.1 Å². The molecule has 0 radical (unpaired) electrons. The number of benzene rings is 1. The summed E-state index contributed by atoms with van der Waals surface area (Å²) >= 11 is 0. The van der Waals surface area contributed by atoms with E-state index < -0.39 is 5.82 Å². The highest BCUT2D eigenvalue weighted by Crippen LogP contribution is 2.35. The Labute approximate surface area is 178 Å². The summed E-state index contributed by atoms with van der Waals surface area (Å²) in [4.78, 5) is 23.2. The summed E-state index contributed by atoms with van der Waals surface area (Å²) in [5.74, 6) is 0.495. The molecule has 0 saturated carbocycles. The highest BCUT2D eigenvalue weighted by Gasteiger charge is 2.40. The molecule has 0 spiro atoms. The van der Waals surface area contributed by atoms with E-state index in [0.29, 0.717) is 30.3 Å². The Balaban J connectivity index is 1.42. The van der Waals surface area contributed by atoms with Gasteiger partial charge in [-0.3, -0.25) is 4.79 Å². The summed E-state index contributed by atoms with van der Waals surface area (Å²) in [6.45, 7) is 1.97. The van der Waals surface area contributed by atoms with Crippen LogP contribution in [0.3, 0.4) is 0 Å². The standard InChI is InChI=1S/C22H20FN7O/c23-17-1-2-19(30-26-7-8-27-30)18(12-17)22(31)28-9-4-16-5-10-29(20(16)14-28)21-11-15(13-24)3-6-25-21/h1-3,6-8,11-12,16,20H,4-5,9-10,14H2/t16-,20-/m0/s1. The number of anilines is 1. The summed E-state index contributed by atoms with van der Waals surface area (Å²) < 4.78 is 14.0. The molecule has 156 valence electrons. The lowest BCUT2D eigenvalue weighted by atomic mass is 9.91. The van der Waals surface area contributed by atoms with Crippen LogP contribution >= 0.6 is 0 Å². The van der Waals surface area contributed by atoms with E-state index in [1.165, 1.54) is 35.4 Å². The van der Waals surface area contributed by atoms with Gasteiger partial charge in [-0.15, -0.1) is 0 Å². The lowest BCUT2D eigenvalue weighted by molar-refractivity contribution is 0.0678. The average Bonchev–Trinajstić information content (AvgIpc) is 3.48. The van der Waals surface area contributed by atoms with E-state index in [2.05, 4.69) is 26.2 Å². The second-order valence-electron chi connectivity index (χ2n) is 7.84. The lowest BCUT2D eigenvalue weighted by Gasteiger charge is -2.39. The van der Waals surface area contributed by atoms with Crippen LogP contribution in [-0.4, -0.2) is 56.5 Å². The van der Waals surface area contributed by atoms with Crippen LogP contribution < -0.4 is 4.90 Å². The van der Waals surface area contributed by atoms with Gasteiger partial charge in [0.05, 0.1) is 41.3 Å². The first kappa shape index (κ1) is 19.2. The number of aromatic nitrogens is 4. The smallest absolute Gasteiger partial charge is 0.256 e. The number of pyridine rings is 1. The van der Waals surface area contributed by atoms with Gasteiger partial charge in [0.15, 0.2) is 0 Å². The first-order chi connectivity index (χ1) is 15.1. The fraction of sp³-hybridized carbons (Fsp3) is 0.318. The van der Waals surface area contributed by atoms with Gasteiger partial charge in [0.25, 0.3) is 5.91 Å². The first-order valence-corrected chi connectivity index (χ1v) is 10.2. The number of hydrogen-bond donors (Lipinski definition) is 0. The first-order valence-electron chi connectivity index (χ1n) is 10.2. The van der Waals surface area contributed by atoms with Crippen LogP contribution in [0.1, 0.15) is 28.8 Å². The molecule has 2 aliphatic heterocycles. The molecule has 1 amide bonds. The van der Waals surface area contributed by atoms with Crippen LogP contribution in [0.5, 0.6) is 0 Å². The van der Waals surface area contributed by atoms with Crippen molar-refractivity contribution in [2.75, 3.05) is 24.5 Å². The van der Waals surface area contributed by atoms with Crippen molar-refractivity contribution >= 4 is 11.7 Å². The molecule has 2 aromatic heterocycles. The summed E-state index contributed by atoms with van der Waals surface area (Å²) in [7, 11) is 0. The number of halogens is 1. The topological polar surface area (TPSA) is 90.9 Å². The maximum Gasteiger partial charge on any atom is 0.256 e. The van der Waals surface area contributed by atoms with Gasteiger partial charge < -0.3 is 9.80 Å². The number of fused-ring (bicyclic) bond motifs is 1. The minimum Gasteiger partial charge on any atom is -0.352 e. The molecule has 2 atom stereocenters. The molecule has 4 heterocycles.